The molecule has 0 aliphatic rings. The summed E-state index contributed by atoms with van der Waals surface area (Å²) in [4.78, 5) is 25.2. The van der Waals surface area contributed by atoms with Crippen molar-refractivity contribution in [3.8, 4) is 0 Å². The number of hydrogen-bond donors (Lipinski definition) is 0. The first-order valence-electron chi connectivity index (χ1n) is 7.32. The monoisotopic (exact) mass is 327 g/mol. The minimum Gasteiger partial charge on any atom is -0.457 e. The van der Waals surface area contributed by atoms with Gasteiger partial charge in [0.2, 0.25) is 0 Å². The summed E-state index contributed by atoms with van der Waals surface area (Å²) in [5.74, 6) is -0.424. The van der Waals surface area contributed by atoms with Gasteiger partial charge in [0.25, 0.3) is 0 Å². The molecule has 0 saturated carbocycles. The van der Waals surface area contributed by atoms with E-state index in [4.69, 9.17) is 21.1 Å². The summed E-state index contributed by atoms with van der Waals surface area (Å²) in [7, 11) is 1.62. The highest BCUT2D eigenvalue weighted by atomic mass is 35.5. The summed E-state index contributed by atoms with van der Waals surface area (Å²) in [6.07, 6.45) is 0.715. The Morgan fingerprint density at radius 1 is 1.23 bits per heavy atom. The molecule has 0 aromatic heterocycles. The Morgan fingerprint density at radius 3 is 2.41 bits per heavy atom. The maximum absolute atomic E-state index is 12.1. The molecule has 1 atom stereocenters. The minimum atomic E-state index is -0.425. The Kier molecular flexibility index (Phi) is 7.74. The smallest absolute Gasteiger partial charge is 0.409 e. The highest BCUT2D eigenvalue weighted by Gasteiger charge is 2.20. The number of hydrogen-bond acceptors (Lipinski definition) is 4. The molecule has 1 aromatic carbocycles. The van der Waals surface area contributed by atoms with Crippen molar-refractivity contribution >= 4 is 23.7 Å². The van der Waals surface area contributed by atoms with Crippen molar-refractivity contribution in [1.82, 2.24) is 4.90 Å². The average Bonchev–Trinajstić information content (AvgIpc) is 2.48. The molecule has 0 N–H and O–H groups in total. The Labute approximate surface area is 136 Å². The molecule has 1 aromatic rings. The van der Waals surface area contributed by atoms with Gasteiger partial charge < -0.3 is 14.4 Å². The standard InChI is InChI=1S/C16H22ClNO4/c1-4-6-14(11-18(3)16(20)21-5-2)22-15(19)12-7-9-13(17)10-8-12/h7-10,14H,4-6,11H2,1-3H3. The van der Waals surface area contributed by atoms with Crippen LogP contribution in [-0.2, 0) is 9.47 Å². The Morgan fingerprint density at radius 2 is 1.86 bits per heavy atom. The number of carbonyl (C=O) groups excluding carboxylic acids is 2. The molecule has 122 valence electrons. The van der Waals surface area contributed by atoms with Crippen molar-refractivity contribution in [1.29, 1.82) is 0 Å². The van der Waals surface area contributed by atoms with Crippen molar-refractivity contribution in [2.24, 2.45) is 0 Å². The SMILES string of the molecule is CCCC(CN(C)C(=O)OCC)OC(=O)c1ccc(Cl)cc1. The first-order valence-corrected chi connectivity index (χ1v) is 7.70. The van der Waals surface area contributed by atoms with Gasteiger partial charge in [0.1, 0.15) is 6.10 Å². The lowest BCUT2D eigenvalue weighted by Crippen LogP contribution is -2.37. The first-order chi connectivity index (χ1) is 10.5. The number of esters is 1. The predicted octanol–water partition coefficient (Wildman–Crippen LogP) is 3.75. The molecular weight excluding hydrogens is 306 g/mol. The molecule has 0 radical (unpaired) electrons. The average molecular weight is 328 g/mol. The number of likely N-dealkylation sites (N-methyl/N-ethyl adjacent to an activating group) is 1. The lowest BCUT2D eigenvalue weighted by atomic mass is 10.2. The molecule has 0 saturated heterocycles. The lowest BCUT2D eigenvalue weighted by Gasteiger charge is -2.23. The second kappa shape index (κ2) is 9.30. The van der Waals surface area contributed by atoms with E-state index in [9.17, 15) is 9.59 Å². The minimum absolute atomic E-state index is 0.298. The molecule has 0 aliphatic carbocycles. The van der Waals surface area contributed by atoms with Gasteiger partial charge in [0, 0.05) is 12.1 Å². The summed E-state index contributed by atoms with van der Waals surface area (Å²) in [6, 6.07) is 6.50. The van der Waals surface area contributed by atoms with Gasteiger partial charge in [-0.25, -0.2) is 9.59 Å². The van der Waals surface area contributed by atoms with E-state index < -0.39 is 12.1 Å². The quantitative estimate of drug-likeness (QED) is 0.716. The van der Waals surface area contributed by atoms with E-state index in [1.807, 2.05) is 6.92 Å². The predicted molar refractivity (Wildman–Crippen MR) is 85.2 cm³/mol. The zero-order chi connectivity index (χ0) is 16.5. The molecule has 0 bridgehead atoms. The van der Waals surface area contributed by atoms with Crippen LogP contribution in [-0.4, -0.2) is 43.3 Å². The number of benzene rings is 1. The summed E-state index contributed by atoms with van der Waals surface area (Å²) in [5, 5.41) is 0.559. The topological polar surface area (TPSA) is 55.8 Å². The van der Waals surface area contributed by atoms with E-state index in [0.717, 1.165) is 6.42 Å². The largest absolute Gasteiger partial charge is 0.457 e. The molecule has 1 amide bonds. The summed E-state index contributed by atoms with van der Waals surface area (Å²) >= 11 is 5.80. The Hall–Kier alpha value is -1.75. The van der Waals surface area contributed by atoms with Gasteiger partial charge in [-0.15, -0.1) is 0 Å². The van der Waals surface area contributed by atoms with Crippen molar-refractivity contribution in [2.75, 3.05) is 20.2 Å². The molecule has 6 heteroatoms. The molecule has 5 nitrogen and oxygen atoms in total. The molecule has 0 spiro atoms. The number of amides is 1. The fourth-order valence-electron chi connectivity index (χ4n) is 1.93. The zero-order valence-electron chi connectivity index (χ0n) is 13.2. The third-order valence-corrected chi connectivity index (χ3v) is 3.27. The van der Waals surface area contributed by atoms with Crippen LogP contribution in [0.3, 0.4) is 0 Å². The van der Waals surface area contributed by atoms with Crippen molar-refractivity contribution < 1.29 is 19.1 Å². The van der Waals surface area contributed by atoms with Crippen molar-refractivity contribution in [3.05, 3.63) is 34.9 Å². The van der Waals surface area contributed by atoms with Crippen LogP contribution in [0.4, 0.5) is 4.79 Å². The fraction of sp³-hybridized carbons (Fsp3) is 0.500. The highest BCUT2D eigenvalue weighted by molar-refractivity contribution is 6.30. The first kappa shape index (κ1) is 18.3. The number of ether oxygens (including phenoxy) is 2. The highest BCUT2D eigenvalue weighted by Crippen LogP contribution is 2.13. The van der Waals surface area contributed by atoms with Crippen molar-refractivity contribution in [2.45, 2.75) is 32.8 Å². The second-order valence-electron chi connectivity index (χ2n) is 4.90. The number of nitrogens with zero attached hydrogens (tertiary/aromatic N) is 1. The van der Waals surface area contributed by atoms with E-state index in [1.54, 1.807) is 38.2 Å². The van der Waals surface area contributed by atoms with Crippen LogP contribution in [0, 0.1) is 0 Å². The van der Waals surface area contributed by atoms with E-state index >= 15 is 0 Å². The Balaban J connectivity index is 2.64. The van der Waals surface area contributed by atoms with Gasteiger partial charge in [0.15, 0.2) is 0 Å². The van der Waals surface area contributed by atoms with E-state index in [-0.39, 0.29) is 6.10 Å². The van der Waals surface area contributed by atoms with Crippen LogP contribution in [0.25, 0.3) is 0 Å². The molecule has 1 unspecified atom stereocenters. The van der Waals surface area contributed by atoms with Gasteiger partial charge in [-0.3, -0.25) is 0 Å². The fourth-order valence-corrected chi connectivity index (χ4v) is 2.05. The summed E-state index contributed by atoms with van der Waals surface area (Å²) in [5.41, 5.74) is 0.435. The van der Waals surface area contributed by atoms with E-state index in [2.05, 4.69) is 0 Å². The summed E-state index contributed by atoms with van der Waals surface area (Å²) < 4.78 is 10.4. The number of rotatable bonds is 7. The van der Waals surface area contributed by atoms with Crippen molar-refractivity contribution in [3.63, 3.8) is 0 Å². The van der Waals surface area contributed by atoms with Crippen LogP contribution in [0.5, 0.6) is 0 Å². The van der Waals surface area contributed by atoms with E-state index in [1.165, 1.54) is 4.90 Å². The Bertz CT molecular complexity index is 489. The van der Waals surface area contributed by atoms with Crippen LogP contribution < -0.4 is 0 Å². The molecular formula is C16H22ClNO4. The van der Waals surface area contributed by atoms with Gasteiger partial charge in [-0.2, -0.15) is 0 Å². The lowest BCUT2D eigenvalue weighted by molar-refractivity contribution is 0.0186. The molecule has 22 heavy (non-hydrogen) atoms. The molecule has 0 heterocycles. The van der Waals surface area contributed by atoms with Gasteiger partial charge >= 0.3 is 12.1 Å². The zero-order valence-corrected chi connectivity index (χ0v) is 13.9. The third-order valence-electron chi connectivity index (χ3n) is 3.02. The second-order valence-corrected chi connectivity index (χ2v) is 5.34. The van der Waals surface area contributed by atoms with E-state index in [0.29, 0.717) is 30.2 Å². The third kappa shape index (κ3) is 5.93. The van der Waals surface area contributed by atoms with Gasteiger partial charge in [-0.05, 0) is 37.6 Å². The van der Waals surface area contributed by atoms with Crippen LogP contribution in [0.15, 0.2) is 24.3 Å². The van der Waals surface area contributed by atoms with Gasteiger partial charge in [0.05, 0.1) is 18.7 Å². The number of halogens is 1. The molecule has 1 rings (SSSR count). The maximum atomic E-state index is 12.1. The summed E-state index contributed by atoms with van der Waals surface area (Å²) in [6.45, 7) is 4.35. The molecule has 0 aliphatic heterocycles. The maximum Gasteiger partial charge on any atom is 0.409 e. The molecule has 0 fully saturated rings. The number of carbonyl (C=O) groups is 2. The van der Waals surface area contributed by atoms with Crippen LogP contribution in [0.1, 0.15) is 37.0 Å². The normalized spacial score (nSPS) is 11.6. The van der Waals surface area contributed by atoms with Crippen LogP contribution in [0.2, 0.25) is 5.02 Å². The van der Waals surface area contributed by atoms with Crippen LogP contribution >= 0.6 is 11.6 Å². The van der Waals surface area contributed by atoms with Gasteiger partial charge in [-0.1, -0.05) is 24.9 Å².